The van der Waals surface area contributed by atoms with Crippen molar-refractivity contribution >= 4 is 0 Å². The molecule has 1 aromatic rings. The Kier molecular flexibility index (Phi) is 2.93. The summed E-state index contributed by atoms with van der Waals surface area (Å²) in [6.07, 6.45) is 3.37. The summed E-state index contributed by atoms with van der Waals surface area (Å²) in [5.74, 6) is 0.788. The van der Waals surface area contributed by atoms with Crippen LogP contribution in [-0.4, -0.2) is 18.3 Å². The minimum atomic E-state index is -0.102. The maximum Gasteiger partial charge on any atom is 0.119 e. The lowest BCUT2D eigenvalue weighted by molar-refractivity contribution is 0.201. The van der Waals surface area contributed by atoms with E-state index in [1.54, 1.807) is 0 Å². The number of hydrogen-bond donors (Lipinski definition) is 2. The van der Waals surface area contributed by atoms with Crippen LogP contribution in [0.2, 0.25) is 0 Å². The fourth-order valence-corrected chi connectivity index (χ4v) is 1.89. The predicted molar refractivity (Wildman–Crippen MR) is 58.7 cm³/mol. The van der Waals surface area contributed by atoms with Crippen LogP contribution in [0.3, 0.4) is 0 Å². The van der Waals surface area contributed by atoms with E-state index in [1.165, 1.54) is 12.0 Å². The minimum absolute atomic E-state index is 0.0442. The first-order chi connectivity index (χ1) is 7.24. The molecule has 1 aliphatic carbocycles. The van der Waals surface area contributed by atoms with E-state index in [2.05, 4.69) is 0 Å². The first-order valence-electron chi connectivity index (χ1n) is 5.38. The molecule has 1 saturated carbocycles. The summed E-state index contributed by atoms with van der Waals surface area (Å²) in [7, 11) is 0. The molecule has 1 fully saturated rings. The first-order valence-corrected chi connectivity index (χ1v) is 5.38. The van der Waals surface area contributed by atoms with Crippen molar-refractivity contribution in [1.29, 1.82) is 0 Å². The summed E-state index contributed by atoms with van der Waals surface area (Å²) in [5, 5.41) is 8.61. The van der Waals surface area contributed by atoms with E-state index >= 15 is 0 Å². The summed E-state index contributed by atoms with van der Waals surface area (Å²) in [6.45, 7) is 0.385. The SMILES string of the molecule is NC1(c2ccc(OCCO)cc2)CCC1. The van der Waals surface area contributed by atoms with Crippen molar-refractivity contribution in [2.24, 2.45) is 5.73 Å². The Morgan fingerprint density at radius 2 is 1.93 bits per heavy atom. The summed E-state index contributed by atoms with van der Waals surface area (Å²) in [4.78, 5) is 0. The molecule has 0 amide bonds. The van der Waals surface area contributed by atoms with Gasteiger partial charge in [-0.05, 0) is 37.0 Å². The maximum absolute atomic E-state index is 8.61. The molecular weight excluding hydrogens is 190 g/mol. The van der Waals surface area contributed by atoms with Gasteiger partial charge in [0.2, 0.25) is 0 Å². The Labute approximate surface area is 89.9 Å². The van der Waals surface area contributed by atoms with Crippen LogP contribution in [0, 0.1) is 0 Å². The van der Waals surface area contributed by atoms with Gasteiger partial charge >= 0.3 is 0 Å². The maximum atomic E-state index is 8.61. The van der Waals surface area contributed by atoms with E-state index < -0.39 is 0 Å². The lowest BCUT2D eigenvalue weighted by Crippen LogP contribution is -2.43. The van der Waals surface area contributed by atoms with Crippen LogP contribution in [0.5, 0.6) is 5.75 Å². The molecule has 3 N–H and O–H groups in total. The number of hydrogen-bond acceptors (Lipinski definition) is 3. The van der Waals surface area contributed by atoms with Crippen molar-refractivity contribution < 1.29 is 9.84 Å². The molecule has 0 spiro atoms. The van der Waals surface area contributed by atoms with Crippen LogP contribution in [-0.2, 0) is 5.54 Å². The zero-order chi connectivity index (χ0) is 10.7. The highest BCUT2D eigenvalue weighted by atomic mass is 16.5. The van der Waals surface area contributed by atoms with Gasteiger partial charge in [-0.15, -0.1) is 0 Å². The van der Waals surface area contributed by atoms with Gasteiger partial charge in [0.1, 0.15) is 12.4 Å². The van der Waals surface area contributed by atoms with Crippen LogP contribution in [0.15, 0.2) is 24.3 Å². The molecule has 0 heterocycles. The van der Waals surface area contributed by atoms with Gasteiger partial charge < -0.3 is 15.6 Å². The van der Waals surface area contributed by atoms with Gasteiger partial charge in [-0.25, -0.2) is 0 Å². The Balaban J connectivity index is 2.03. The van der Waals surface area contributed by atoms with E-state index in [1.807, 2.05) is 24.3 Å². The van der Waals surface area contributed by atoms with Crippen molar-refractivity contribution in [1.82, 2.24) is 0 Å². The molecule has 1 aliphatic rings. The monoisotopic (exact) mass is 207 g/mol. The van der Waals surface area contributed by atoms with Crippen molar-refractivity contribution in [3.8, 4) is 5.75 Å². The number of aliphatic hydroxyl groups excluding tert-OH is 1. The molecule has 15 heavy (non-hydrogen) atoms. The molecule has 0 aromatic heterocycles. The quantitative estimate of drug-likeness (QED) is 0.784. The van der Waals surface area contributed by atoms with E-state index in [4.69, 9.17) is 15.6 Å². The molecule has 3 nitrogen and oxygen atoms in total. The molecular formula is C12H17NO2. The van der Waals surface area contributed by atoms with Gasteiger partial charge in [0.25, 0.3) is 0 Å². The summed E-state index contributed by atoms with van der Waals surface area (Å²) >= 11 is 0. The smallest absolute Gasteiger partial charge is 0.119 e. The Morgan fingerprint density at radius 3 is 2.40 bits per heavy atom. The molecule has 0 aliphatic heterocycles. The van der Waals surface area contributed by atoms with Gasteiger partial charge in [0.05, 0.1) is 6.61 Å². The fourth-order valence-electron chi connectivity index (χ4n) is 1.89. The zero-order valence-electron chi connectivity index (χ0n) is 8.78. The first kappa shape index (κ1) is 10.5. The fraction of sp³-hybridized carbons (Fsp3) is 0.500. The third-order valence-electron chi connectivity index (χ3n) is 3.04. The van der Waals surface area contributed by atoms with Crippen LogP contribution in [0.25, 0.3) is 0 Å². The van der Waals surface area contributed by atoms with Gasteiger partial charge in [-0.2, -0.15) is 0 Å². The summed E-state index contributed by atoms with van der Waals surface area (Å²) in [6, 6.07) is 7.87. The van der Waals surface area contributed by atoms with Crippen molar-refractivity contribution in [2.45, 2.75) is 24.8 Å². The molecule has 3 heteroatoms. The van der Waals surface area contributed by atoms with E-state index in [-0.39, 0.29) is 12.1 Å². The average molecular weight is 207 g/mol. The van der Waals surface area contributed by atoms with Crippen LogP contribution in [0.1, 0.15) is 24.8 Å². The normalized spacial score (nSPS) is 18.3. The van der Waals surface area contributed by atoms with E-state index in [0.717, 1.165) is 18.6 Å². The Hall–Kier alpha value is -1.06. The molecule has 0 bridgehead atoms. The number of benzene rings is 1. The van der Waals surface area contributed by atoms with Crippen LogP contribution < -0.4 is 10.5 Å². The lowest BCUT2D eigenvalue weighted by atomic mass is 9.73. The zero-order valence-corrected chi connectivity index (χ0v) is 8.78. The third-order valence-corrected chi connectivity index (χ3v) is 3.04. The highest BCUT2D eigenvalue weighted by Gasteiger charge is 2.33. The molecule has 0 saturated heterocycles. The molecule has 82 valence electrons. The second kappa shape index (κ2) is 4.21. The average Bonchev–Trinajstić information content (AvgIpc) is 2.24. The van der Waals surface area contributed by atoms with Crippen LogP contribution in [0.4, 0.5) is 0 Å². The second-order valence-electron chi connectivity index (χ2n) is 4.11. The largest absolute Gasteiger partial charge is 0.491 e. The Morgan fingerprint density at radius 1 is 1.27 bits per heavy atom. The van der Waals surface area contributed by atoms with Crippen LogP contribution >= 0.6 is 0 Å². The molecule has 0 unspecified atom stereocenters. The number of rotatable bonds is 4. The third kappa shape index (κ3) is 2.13. The van der Waals surface area contributed by atoms with Gasteiger partial charge in [-0.1, -0.05) is 12.1 Å². The highest BCUT2D eigenvalue weighted by molar-refractivity contribution is 5.33. The number of nitrogens with two attached hydrogens (primary N) is 1. The number of aliphatic hydroxyl groups is 1. The molecule has 1 aromatic carbocycles. The standard InChI is InChI=1S/C12H17NO2/c13-12(6-1-7-12)10-2-4-11(5-3-10)15-9-8-14/h2-5,14H,1,6-9,13H2. The summed E-state index contributed by atoms with van der Waals surface area (Å²) < 4.78 is 5.28. The van der Waals surface area contributed by atoms with Crippen molar-refractivity contribution in [3.05, 3.63) is 29.8 Å². The van der Waals surface area contributed by atoms with Gasteiger partial charge in [0, 0.05) is 5.54 Å². The molecule has 0 radical (unpaired) electrons. The van der Waals surface area contributed by atoms with Crippen molar-refractivity contribution in [3.63, 3.8) is 0 Å². The minimum Gasteiger partial charge on any atom is -0.491 e. The Bertz CT molecular complexity index is 317. The summed E-state index contributed by atoms with van der Waals surface area (Å²) in [5.41, 5.74) is 7.28. The van der Waals surface area contributed by atoms with Gasteiger partial charge in [-0.3, -0.25) is 0 Å². The van der Waals surface area contributed by atoms with Crippen molar-refractivity contribution in [2.75, 3.05) is 13.2 Å². The molecule has 0 atom stereocenters. The lowest BCUT2D eigenvalue weighted by Gasteiger charge is -2.38. The van der Waals surface area contributed by atoms with Gasteiger partial charge in [0.15, 0.2) is 0 Å². The molecule has 2 rings (SSSR count). The number of ether oxygens (including phenoxy) is 1. The van der Waals surface area contributed by atoms with E-state index in [0.29, 0.717) is 6.61 Å². The predicted octanol–water partition coefficient (Wildman–Crippen LogP) is 1.40. The van der Waals surface area contributed by atoms with E-state index in [9.17, 15) is 0 Å². The topological polar surface area (TPSA) is 55.5 Å². The highest BCUT2D eigenvalue weighted by Crippen LogP contribution is 2.38. The second-order valence-corrected chi connectivity index (χ2v) is 4.11.